The standard InChI is InChI=1S/C13H19NO3S/c15-9-2-1-8-14-18(16,17)13-7-6-11-4-3-5-12(11)10-13/h6-7,10,14-15H,1-5,8-9H2. The van der Waals surface area contributed by atoms with Crippen molar-refractivity contribution in [3.63, 3.8) is 0 Å². The maximum Gasteiger partial charge on any atom is 0.240 e. The molecular weight excluding hydrogens is 250 g/mol. The Balaban J connectivity index is 2.05. The van der Waals surface area contributed by atoms with E-state index in [1.165, 1.54) is 5.56 Å². The van der Waals surface area contributed by atoms with Gasteiger partial charge in [-0.15, -0.1) is 0 Å². The number of benzene rings is 1. The Labute approximate surface area is 108 Å². The van der Waals surface area contributed by atoms with Gasteiger partial charge in [0.2, 0.25) is 10.0 Å². The monoisotopic (exact) mass is 269 g/mol. The highest BCUT2D eigenvalue weighted by Gasteiger charge is 2.17. The van der Waals surface area contributed by atoms with E-state index in [0.29, 0.717) is 24.3 Å². The Bertz CT molecular complexity index is 511. The summed E-state index contributed by atoms with van der Waals surface area (Å²) in [6.07, 6.45) is 4.42. The lowest BCUT2D eigenvalue weighted by Gasteiger charge is -2.08. The zero-order valence-electron chi connectivity index (χ0n) is 10.4. The van der Waals surface area contributed by atoms with E-state index in [-0.39, 0.29) is 6.61 Å². The van der Waals surface area contributed by atoms with Crippen molar-refractivity contribution < 1.29 is 13.5 Å². The van der Waals surface area contributed by atoms with Gasteiger partial charge in [0.15, 0.2) is 0 Å². The number of aliphatic hydroxyl groups excluding tert-OH is 1. The van der Waals surface area contributed by atoms with Gasteiger partial charge in [-0.05, 0) is 55.4 Å². The third-order valence-electron chi connectivity index (χ3n) is 3.26. The van der Waals surface area contributed by atoms with Gasteiger partial charge in [0.1, 0.15) is 0 Å². The smallest absolute Gasteiger partial charge is 0.240 e. The summed E-state index contributed by atoms with van der Waals surface area (Å²) in [4.78, 5) is 0.354. The summed E-state index contributed by atoms with van der Waals surface area (Å²) in [6.45, 7) is 0.473. The average Bonchev–Trinajstić information content (AvgIpc) is 2.82. The first kappa shape index (κ1) is 13.5. The maximum absolute atomic E-state index is 12.0. The van der Waals surface area contributed by atoms with Crippen LogP contribution < -0.4 is 4.72 Å². The van der Waals surface area contributed by atoms with Crippen molar-refractivity contribution in [1.82, 2.24) is 4.72 Å². The first-order valence-electron chi connectivity index (χ1n) is 6.36. The van der Waals surface area contributed by atoms with Crippen molar-refractivity contribution in [2.75, 3.05) is 13.2 Å². The van der Waals surface area contributed by atoms with Crippen LogP contribution in [0.25, 0.3) is 0 Å². The topological polar surface area (TPSA) is 66.4 Å². The molecule has 0 heterocycles. The minimum absolute atomic E-state index is 0.0978. The van der Waals surface area contributed by atoms with Crippen LogP contribution in [0.3, 0.4) is 0 Å². The maximum atomic E-state index is 12.0. The number of aryl methyl sites for hydroxylation is 2. The Kier molecular flexibility index (Phi) is 4.37. The Morgan fingerprint density at radius 3 is 2.72 bits per heavy atom. The summed E-state index contributed by atoms with van der Waals surface area (Å²) in [7, 11) is -3.39. The fraction of sp³-hybridized carbons (Fsp3) is 0.538. The highest BCUT2D eigenvalue weighted by atomic mass is 32.2. The Morgan fingerprint density at radius 2 is 1.94 bits per heavy atom. The normalized spacial score (nSPS) is 14.7. The summed E-state index contributed by atoms with van der Waals surface area (Å²) in [5, 5.41) is 8.64. The van der Waals surface area contributed by atoms with E-state index in [1.807, 2.05) is 6.07 Å². The van der Waals surface area contributed by atoms with Crippen LogP contribution >= 0.6 is 0 Å². The third-order valence-corrected chi connectivity index (χ3v) is 4.72. The molecule has 1 aromatic carbocycles. The molecule has 0 atom stereocenters. The van der Waals surface area contributed by atoms with E-state index >= 15 is 0 Å². The SMILES string of the molecule is O=S(=O)(NCCCCO)c1ccc2c(c1)CCC2. The first-order chi connectivity index (χ1) is 8.63. The molecule has 0 fully saturated rings. The van der Waals surface area contributed by atoms with Gasteiger partial charge in [-0.2, -0.15) is 0 Å². The number of aliphatic hydroxyl groups is 1. The lowest BCUT2D eigenvalue weighted by molar-refractivity contribution is 0.285. The molecule has 0 unspecified atom stereocenters. The molecule has 1 aliphatic carbocycles. The van der Waals surface area contributed by atoms with Crippen molar-refractivity contribution in [3.05, 3.63) is 29.3 Å². The van der Waals surface area contributed by atoms with E-state index in [4.69, 9.17) is 5.11 Å². The highest BCUT2D eigenvalue weighted by molar-refractivity contribution is 7.89. The molecular formula is C13H19NO3S. The predicted molar refractivity (Wildman–Crippen MR) is 70.0 cm³/mol. The van der Waals surface area contributed by atoms with Crippen molar-refractivity contribution in [3.8, 4) is 0 Å². The largest absolute Gasteiger partial charge is 0.396 e. The van der Waals surface area contributed by atoms with Crippen LogP contribution in [0.15, 0.2) is 23.1 Å². The molecule has 0 saturated heterocycles. The summed E-state index contributed by atoms with van der Waals surface area (Å²) in [5.74, 6) is 0. The van der Waals surface area contributed by atoms with E-state index < -0.39 is 10.0 Å². The second-order valence-electron chi connectivity index (χ2n) is 4.61. The van der Waals surface area contributed by atoms with Gasteiger partial charge in [-0.3, -0.25) is 0 Å². The minimum Gasteiger partial charge on any atom is -0.396 e. The Hall–Kier alpha value is -0.910. The van der Waals surface area contributed by atoms with Crippen LogP contribution in [0, 0.1) is 0 Å². The summed E-state index contributed by atoms with van der Waals surface area (Å²) < 4.78 is 26.6. The molecule has 5 heteroatoms. The zero-order chi connectivity index (χ0) is 13.0. The average molecular weight is 269 g/mol. The second kappa shape index (κ2) is 5.82. The number of unbranched alkanes of at least 4 members (excludes halogenated alkanes) is 1. The van der Waals surface area contributed by atoms with Gasteiger partial charge in [0, 0.05) is 13.2 Å². The molecule has 4 nitrogen and oxygen atoms in total. The van der Waals surface area contributed by atoms with Crippen LogP contribution in [0.4, 0.5) is 0 Å². The van der Waals surface area contributed by atoms with Crippen molar-refractivity contribution in [2.45, 2.75) is 37.0 Å². The molecule has 1 aliphatic rings. The molecule has 0 aromatic heterocycles. The van der Waals surface area contributed by atoms with Gasteiger partial charge >= 0.3 is 0 Å². The van der Waals surface area contributed by atoms with Crippen LogP contribution in [0.2, 0.25) is 0 Å². The molecule has 100 valence electrons. The number of rotatable bonds is 6. The van der Waals surface area contributed by atoms with Crippen LogP contribution in [-0.4, -0.2) is 26.7 Å². The van der Waals surface area contributed by atoms with Crippen molar-refractivity contribution in [2.24, 2.45) is 0 Å². The van der Waals surface area contributed by atoms with Gasteiger partial charge in [0.25, 0.3) is 0 Å². The van der Waals surface area contributed by atoms with Crippen molar-refractivity contribution in [1.29, 1.82) is 0 Å². The molecule has 0 radical (unpaired) electrons. The lowest BCUT2D eigenvalue weighted by Crippen LogP contribution is -2.25. The van der Waals surface area contributed by atoms with E-state index in [2.05, 4.69) is 4.72 Å². The minimum atomic E-state index is -3.39. The van der Waals surface area contributed by atoms with Crippen molar-refractivity contribution >= 4 is 10.0 Å². The predicted octanol–water partition coefficient (Wildman–Crippen LogP) is 1.23. The number of sulfonamides is 1. The molecule has 0 amide bonds. The summed E-state index contributed by atoms with van der Waals surface area (Å²) in [5.41, 5.74) is 2.43. The molecule has 2 N–H and O–H groups in total. The number of nitrogens with one attached hydrogen (secondary N) is 1. The third kappa shape index (κ3) is 3.10. The van der Waals surface area contributed by atoms with E-state index in [0.717, 1.165) is 24.8 Å². The number of hydrogen-bond donors (Lipinski definition) is 2. The van der Waals surface area contributed by atoms with E-state index in [1.54, 1.807) is 12.1 Å². The summed E-state index contributed by atoms with van der Waals surface area (Å²) in [6, 6.07) is 5.39. The van der Waals surface area contributed by atoms with Crippen LogP contribution in [-0.2, 0) is 22.9 Å². The summed E-state index contributed by atoms with van der Waals surface area (Å²) >= 11 is 0. The fourth-order valence-electron chi connectivity index (χ4n) is 2.24. The fourth-order valence-corrected chi connectivity index (χ4v) is 3.37. The second-order valence-corrected chi connectivity index (χ2v) is 6.38. The quantitative estimate of drug-likeness (QED) is 0.763. The number of hydrogen-bond acceptors (Lipinski definition) is 3. The first-order valence-corrected chi connectivity index (χ1v) is 7.84. The van der Waals surface area contributed by atoms with Gasteiger partial charge < -0.3 is 5.11 Å². The van der Waals surface area contributed by atoms with Gasteiger partial charge in [-0.1, -0.05) is 6.07 Å². The molecule has 0 saturated carbocycles. The molecule has 2 rings (SSSR count). The zero-order valence-corrected chi connectivity index (χ0v) is 11.2. The lowest BCUT2D eigenvalue weighted by atomic mass is 10.1. The van der Waals surface area contributed by atoms with Crippen LogP contribution in [0.5, 0.6) is 0 Å². The highest BCUT2D eigenvalue weighted by Crippen LogP contribution is 2.24. The molecule has 0 aliphatic heterocycles. The van der Waals surface area contributed by atoms with Gasteiger partial charge in [0.05, 0.1) is 4.90 Å². The molecule has 1 aromatic rings. The van der Waals surface area contributed by atoms with Crippen LogP contribution in [0.1, 0.15) is 30.4 Å². The molecule has 0 spiro atoms. The molecule has 0 bridgehead atoms. The van der Waals surface area contributed by atoms with Gasteiger partial charge in [-0.25, -0.2) is 13.1 Å². The molecule has 18 heavy (non-hydrogen) atoms. The Morgan fingerprint density at radius 1 is 1.17 bits per heavy atom. The van der Waals surface area contributed by atoms with E-state index in [9.17, 15) is 8.42 Å². The number of fused-ring (bicyclic) bond motifs is 1.